The lowest BCUT2D eigenvalue weighted by Crippen LogP contribution is -2.41. The highest BCUT2D eigenvalue weighted by Gasteiger charge is 2.25. The average molecular weight is 219 g/mol. The molecule has 0 aliphatic carbocycles. The standard InChI is InChI=1S/C15H25N/c1-7-10-11-12-13(8-2)14(16-9-3)15(4,5)6/h7-8,10-12,14,16H,1-2,9H2,3-6H3/b11-10-,13-12+. The van der Waals surface area contributed by atoms with Crippen LogP contribution in [-0.4, -0.2) is 12.6 Å². The molecular formula is C15H25N. The zero-order valence-electron chi connectivity index (χ0n) is 11.1. The van der Waals surface area contributed by atoms with E-state index < -0.39 is 0 Å². The Balaban J connectivity index is 4.98. The molecule has 0 aliphatic heterocycles. The number of hydrogen-bond acceptors (Lipinski definition) is 1. The Morgan fingerprint density at radius 1 is 1.25 bits per heavy atom. The minimum Gasteiger partial charge on any atom is -0.310 e. The smallest absolute Gasteiger partial charge is 0.0368 e. The van der Waals surface area contributed by atoms with E-state index in [0.29, 0.717) is 6.04 Å². The molecule has 0 heterocycles. The number of hydrogen-bond donors (Lipinski definition) is 1. The molecule has 0 spiro atoms. The molecule has 0 aromatic heterocycles. The maximum absolute atomic E-state index is 3.89. The van der Waals surface area contributed by atoms with Crippen LogP contribution in [0.5, 0.6) is 0 Å². The molecule has 0 aliphatic rings. The summed E-state index contributed by atoms with van der Waals surface area (Å²) in [6.07, 6.45) is 9.71. The Kier molecular flexibility index (Phi) is 6.75. The fourth-order valence-electron chi connectivity index (χ4n) is 1.66. The van der Waals surface area contributed by atoms with E-state index >= 15 is 0 Å². The topological polar surface area (TPSA) is 12.0 Å². The van der Waals surface area contributed by atoms with Gasteiger partial charge >= 0.3 is 0 Å². The normalized spacial score (nSPS) is 15.1. The Morgan fingerprint density at radius 2 is 1.88 bits per heavy atom. The van der Waals surface area contributed by atoms with Crippen molar-refractivity contribution >= 4 is 0 Å². The molecule has 0 saturated heterocycles. The van der Waals surface area contributed by atoms with Crippen molar-refractivity contribution in [2.24, 2.45) is 5.41 Å². The highest BCUT2D eigenvalue weighted by molar-refractivity contribution is 5.30. The summed E-state index contributed by atoms with van der Waals surface area (Å²) in [6.45, 7) is 17.3. The quantitative estimate of drug-likeness (QED) is 0.669. The molecule has 90 valence electrons. The third kappa shape index (κ3) is 5.13. The molecule has 1 N–H and O–H groups in total. The van der Waals surface area contributed by atoms with Gasteiger partial charge in [-0.25, -0.2) is 0 Å². The van der Waals surface area contributed by atoms with E-state index in [4.69, 9.17) is 0 Å². The van der Waals surface area contributed by atoms with Crippen molar-refractivity contribution in [1.29, 1.82) is 0 Å². The largest absolute Gasteiger partial charge is 0.310 e. The number of allylic oxidation sites excluding steroid dienone is 4. The van der Waals surface area contributed by atoms with Crippen LogP contribution in [0, 0.1) is 5.41 Å². The molecule has 0 bridgehead atoms. The molecule has 0 radical (unpaired) electrons. The summed E-state index contributed by atoms with van der Waals surface area (Å²) >= 11 is 0. The van der Waals surface area contributed by atoms with Gasteiger partial charge < -0.3 is 5.32 Å². The van der Waals surface area contributed by atoms with Crippen LogP contribution in [0.2, 0.25) is 0 Å². The summed E-state index contributed by atoms with van der Waals surface area (Å²) in [6, 6.07) is 0.324. The molecule has 1 unspecified atom stereocenters. The summed E-state index contributed by atoms with van der Waals surface area (Å²) in [7, 11) is 0. The summed E-state index contributed by atoms with van der Waals surface area (Å²) in [5, 5.41) is 3.50. The molecule has 1 nitrogen and oxygen atoms in total. The Bertz CT molecular complexity index is 276. The van der Waals surface area contributed by atoms with E-state index in [0.717, 1.165) is 6.54 Å². The number of likely N-dealkylation sites (N-methyl/N-ethyl adjacent to an activating group) is 1. The molecule has 0 amide bonds. The van der Waals surface area contributed by atoms with Gasteiger partial charge in [-0.1, -0.05) is 71.2 Å². The van der Waals surface area contributed by atoms with Crippen molar-refractivity contribution < 1.29 is 0 Å². The predicted molar refractivity (Wildman–Crippen MR) is 74.5 cm³/mol. The highest BCUT2D eigenvalue weighted by atomic mass is 14.9. The van der Waals surface area contributed by atoms with E-state index in [1.165, 1.54) is 5.57 Å². The van der Waals surface area contributed by atoms with Gasteiger partial charge in [-0.2, -0.15) is 0 Å². The molecule has 1 heteroatoms. The SMILES string of the molecule is C=C/C=C\C=C(/C=C)C(NCC)C(C)(C)C. The maximum atomic E-state index is 3.89. The van der Waals surface area contributed by atoms with Crippen molar-refractivity contribution in [2.75, 3.05) is 6.54 Å². The highest BCUT2D eigenvalue weighted by Crippen LogP contribution is 2.25. The summed E-state index contributed by atoms with van der Waals surface area (Å²) in [5.74, 6) is 0. The van der Waals surface area contributed by atoms with Crippen molar-refractivity contribution in [1.82, 2.24) is 5.32 Å². The lowest BCUT2D eigenvalue weighted by molar-refractivity contribution is 0.309. The van der Waals surface area contributed by atoms with E-state index in [9.17, 15) is 0 Å². The van der Waals surface area contributed by atoms with Gasteiger partial charge in [0.2, 0.25) is 0 Å². The first-order chi connectivity index (χ1) is 7.47. The van der Waals surface area contributed by atoms with E-state index in [2.05, 4.69) is 52.2 Å². The van der Waals surface area contributed by atoms with Crippen LogP contribution < -0.4 is 5.32 Å². The van der Waals surface area contributed by atoms with Gasteiger partial charge in [0.1, 0.15) is 0 Å². The monoisotopic (exact) mass is 219 g/mol. The Labute approximate surface area is 101 Å². The van der Waals surface area contributed by atoms with Gasteiger partial charge in [0, 0.05) is 6.04 Å². The molecule has 0 rings (SSSR count). The zero-order valence-corrected chi connectivity index (χ0v) is 11.1. The van der Waals surface area contributed by atoms with Crippen LogP contribution in [0.25, 0.3) is 0 Å². The van der Waals surface area contributed by atoms with Gasteiger partial charge in [0.25, 0.3) is 0 Å². The summed E-state index contributed by atoms with van der Waals surface area (Å²) in [4.78, 5) is 0. The van der Waals surface area contributed by atoms with Crippen molar-refractivity contribution in [3.63, 3.8) is 0 Å². The van der Waals surface area contributed by atoms with Gasteiger partial charge in [-0.3, -0.25) is 0 Å². The molecular weight excluding hydrogens is 194 g/mol. The lowest BCUT2D eigenvalue weighted by Gasteiger charge is -2.32. The molecule has 0 aromatic carbocycles. The first kappa shape index (κ1) is 14.9. The predicted octanol–water partition coefficient (Wildman–Crippen LogP) is 3.87. The average Bonchev–Trinajstić information content (AvgIpc) is 2.20. The second-order valence-corrected chi connectivity index (χ2v) is 4.85. The van der Waals surface area contributed by atoms with Gasteiger partial charge in [-0.05, 0) is 17.5 Å². The molecule has 16 heavy (non-hydrogen) atoms. The fraction of sp³-hybridized carbons (Fsp3) is 0.467. The fourth-order valence-corrected chi connectivity index (χ4v) is 1.66. The third-order valence-corrected chi connectivity index (χ3v) is 2.38. The zero-order chi connectivity index (χ0) is 12.6. The van der Waals surface area contributed by atoms with Crippen LogP contribution in [0.1, 0.15) is 27.7 Å². The number of nitrogens with one attached hydrogen (secondary N) is 1. The van der Waals surface area contributed by atoms with E-state index in [1.54, 1.807) is 6.08 Å². The van der Waals surface area contributed by atoms with E-state index in [1.807, 2.05) is 18.2 Å². The van der Waals surface area contributed by atoms with Crippen molar-refractivity contribution in [3.05, 3.63) is 49.1 Å². The lowest BCUT2D eigenvalue weighted by atomic mass is 9.82. The summed E-state index contributed by atoms with van der Waals surface area (Å²) in [5.41, 5.74) is 1.39. The van der Waals surface area contributed by atoms with Crippen LogP contribution >= 0.6 is 0 Å². The minimum absolute atomic E-state index is 0.179. The summed E-state index contributed by atoms with van der Waals surface area (Å²) < 4.78 is 0. The Morgan fingerprint density at radius 3 is 2.25 bits per heavy atom. The van der Waals surface area contributed by atoms with Crippen LogP contribution in [0.4, 0.5) is 0 Å². The molecule has 0 aromatic rings. The van der Waals surface area contributed by atoms with E-state index in [-0.39, 0.29) is 5.41 Å². The van der Waals surface area contributed by atoms with Crippen molar-refractivity contribution in [2.45, 2.75) is 33.7 Å². The van der Waals surface area contributed by atoms with Gasteiger partial charge in [0.05, 0.1) is 0 Å². The molecule has 0 saturated carbocycles. The van der Waals surface area contributed by atoms with Crippen LogP contribution in [0.3, 0.4) is 0 Å². The number of rotatable bonds is 6. The first-order valence-corrected chi connectivity index (χ1v) is 5.82. The van der Waals surface area contributed by atoms with Gasteiger partial charge in [-0.15, -0.1) is 0 Å². The van der Waals surface area contributed by atoms with Crippen LogP contribution in [-0.2, 0) is 0 Å². The molecule has 0 fully saturated rings. The third-order valence-electron chi connectivity index (χ3n) is 2.38. The maximum Gasteiger partial charge on any atom is 0.0368 e. The Hall–Kier alpha value is -1.08. The molecule has 1 atom stereocenters. The second kappa shape index (κ2) is 7.24. The van der Waals surface area contributed by atoms with Crippen LogP contribution in [0.15, 0.2) is 49.1 Å². The first-order valence-electron chi connectivity index (χ1n) is 5.82. The minimum atomic E-state index is 0.179. The van der Waals surface area contributed by atoms with Crippen molar-refractivity contribution in [3.8, 4) is 0 Å². The second-order valence-electron chi connectivity index (χ2n) is 4.85. The van der Waals surface area contributed by atoms with Gasteiger partial charge in [0.15, 0.2) is 0 Å².